The van der Waals surface area contributed by atoms with Crippen molar-refractivity contribution in [3.63, 3.8) is 0 Å². The van der Waals surface area contributed by atoms with E-state index in [1.54, 1.807) is 30.3 Å². The summed E-state index contributed by atoms with van der Waals surface area (Å²) in [7, 11) is 0. The van der Waals surface area contributed by atoms with Crippen LogP contribution in [0.25, 0.3) is 0 Å². The maximum absolute atomic E-state index is 12.8. The first-order valence-corrected chi connectivity index (χ1v) is 5.86. The van der Waals surface area contributed by atoms with E-state index in [-0.39, 0.29) is 36.4 Å². The molecule has 6 heteroatoms. The fraction of sp³-hybridized carbons (Fsp3) is 0.0667. The van der Waals surface area contributed by atoms with Crippen molar-refractivity contribution in [1.29, 1.82) is 10.7 Å². The number of halogens is 2. The first-order valence-electron chi connectivity index (χ1n) is 5.86. The first-order chi connectivity index (χ1) is 9.61. The third-order valence-electron chi connectivity index (χ3n) is 2.72. The molecule has 2 aromatic carbocycles. The van der Waals surface area contributed by atoms with E-state index in [1.807, 2.05) is 6.07 Å². The zero-order chi connectivity index (χ0) is 14.5. The van der Waals surface area contributed by atoms with Gasteiger partial charge in [-0.25, -0.2) is 4.39 Å². The third kappa shape index (κ3) is 3.94. The molecule has 0 radical (unpaired) electrons. The molecule has 0 amide bonds. The molecule has 0 saturated heterocycles. The van der Waals surface area contributed by atoms with E-state index in [4.69, 9.17) is 21.1 Å². The van der Waals surface area contributed by atoms with Gasteiger partial charge in [-0.15, -0.1) is 12.4 Å². The van der Waals surface area contributed by atoms with Crippen LogP contribution in [0, 0.1) is 22.6 Å². The minimum Gasteiger partial charge on any atom is -0.487 e. The van der Waals surface area contributed by atoms with Gasteiger partial charge in [0.1, 0.15) is 30.1 Å². The molecule has 4 nitrogen and oxygen atoms in total. The van der Waals surface area contributed by atoms with Gasteiger partial charge in [0.25, 0.3) is 0 Å². The zero-order valence-corrected chi connectivity index (χ0v) is 11.8. The fourth-order valence-electron chi connectivity index (χ4n) is 1.73. The molecule has 0 fully saturated rings. The number of amidine groups is 1. The van der Waals surface area contributed by atoms with Crippen molar-refractivity contribution >= 4 is 18.2 Å². The molecule has 21 heavy (non-hydrogen) atoms. The molecule has 0 aliphatic heterocycles. The van der Waals surface area contributed by atoms with Crippen molar-refractivity contribution in [2.75, 3.05) is 0 Å². The summed E-state index contributed by atoms with van der Waals surface area (Å²) in [5.41, 5.74) is 6.90. The van der Waals surface area contributed by atoms with Crippen molar-refractivity contribution in [2.24, 2.45) is 5.73 Å². The van der Waals surface area contributed by atoms with E-state index in [9.17, 15) is 4.39 Å². The van der Waals surface area contributed by atoms with Crippen molar-refractivity contribution in [2.45, 2.75) is 6.61 Å². The van der Waals surface area contributed by atoms with Crippen LogP contribution >= 0.6 is 12.4 Å². The molecule has 3 N–H and O–H groups in total. The van der Waals surface area contributed by atoms with Crippen molar-refractivity contribution in [3.05, 3.63) is 65.0 Å². The summed E-state index contributed by atoms with van der Waals surface area (Å²) in [6.07, 6.45) is 0. The van der Waals surface area contributed by atoms with Gasteiger partial charge >= 0.3 is 0 Å². The van der Waals surface area contributed by atoms with Gasteiger partial charge < -0.3 is 10.5 Å². The van der Waals surface area contributed by atoms with Gasteiger partial charge in [0.15, 0.2) is 0 Å². The number of benzene rings is 2. The lowest BCUT2D eigenvalue weighted by atomic mass is 10.1. The topological polar surface area (TPSA) is 82.9 Å². The molecule has 0 aliphatic rings. The summed E-state index contributed by atoms with van der Waals surface area (Å²) in [5.74, 6) is -0.223. The van der Waals surface area contributed by atoms with Gasteiger partial charge in [-0.05, 0) is 29.8 Å². The molecule has 0 aromatic heterocycles. The Labute approximate surface area is 127 Å². The number of nitrogen functional groups attached to an aromatic ring is 1. The predicted molar refractivity (Wildman–Crippen MR) is 80.2 cm³/mol. The van der Waals surface area contributed by atoms with Crippen LogP contribution in [0.2, 0.25) is 0 Å². The highest BCUT2D eigenvalue weighted by Gasteiger charge is 2.12. The van der Waals surface area contributed by atoms with E-state index in [0.29, 0.717) is 11.1 Å². The molecule has 0 spiro atoms. The Morgan fingerprint density at radius 2 is 1.90 bits per heavy atom. The SMILES string of the molecule is Cl.N#Cc1cccc(C(=N)N)c1OCc1ccc(F)cc1. The monoisotopic (exact) mass is 305 g/mol. The number of hydrogen-bond acceptors (Lipinski definition) is 3. The van der Waals surface area contributed by atoms with E-state index in [1.165, 1.54) is 12.1 Å². The minimum absolute atomic E-state index is 0. The van der Waals surface area contributed by atoms with Crippen molar-refractivity contribution in [3.8, 4) is 11.8 Å². The van der Waals surface area contributed by atoms with Crippen LogP contribution in [-0.4, -0.2) is 5.84 Å². The summed E-state index contributed by atoms with van der Waals surface area (Å²) >= 11 is 0. The number of nitriles is 1. The molecular formula is C15H13ClFN3O. The number of ether oxygens (including phenoxy) is 1. The van der Waals surface area contributed by atoms with Crippen LogP contribution in [0.4, 0.5) is 4.39 Å². The molecular weight excluding hydrogens is 293 g/mol. The zero-order valence-electron chi connectivity index (χ0n) is 11.0. The number of nitrogens with one attached hydrogen (secondary N) is 1. The van der Waals surface area contributed by atoms with Crippen LogP contribution in [0.5, 0.6) is 5.75 Å². The van der Waals surface area contributed by atoms with Gasteiger partial charge in [-0.1, -0.05) is 18.2 Å². The molecule has 2 aromatic rings. The number of hydrogen-bond donors (Lipinski definition) is 2. The first kappa shape index (κ1) is 16.5. The van der Waals surface area contributed by atoms with E-state index in [0.717, 1.165) is 5.56 Å². The second-order valence-electron chi connectivity index (χ2n) is 4.12. The molecule has 0 unspecified atom stereocenters. The number of rotatable bonds is 4. The lowest BCUT2D eigenvalue weighted by Crippen LogP contribution is -2.14. The van der Waals surface area contributed by atoms with Gasteiger partial charge in [0.05, 0.1) is 11.1 Å². The lowest BCUT2D eigenvalue weighted by Gasteiger charge is -2.12. The van der Waals surface area contributed by atoms with Gasteiger partial charge in [0.2, 0.25) is 0 Å². The number of para-hydroxylation sites is 1. The van der Waals surface area contributed by atoms with E-state index < -0.39 is 0 Å². The normalized spacial score (nSPS) is 9.33. The van der Waals surface area contributed by atoms with E-state index >= 15 is 0 Å². The highest BCUT2D eigenvalue weighted by Crippen LogP contribution is 2.24. The third-order valence-corrected chi connectivity index (χ3v) is 2.72. The van der Waals surface area contributed by atoms with Crippen LogP contribution in [0.3, 0.4) is 0 Å². The highest BCUT2D eigenvalue weighted by atomic mass is 35.5. The number of nitrogens with zero attached hydrogens (tertiary/aromatic N) is 1. The van der Waals surface area contributed by atoms with Gasteiger partial charge in [-0.2, -0.15) is 5.26 Å². The predicted octanol–water partition coefficient (Wildman–Crippen LogP) is 2.98. The van der Waals surface area contributed by atoms with Crippen LogP contribution in [0.15, 0.2) is 42.5 Å². The van der Waals surface area contributed by atoms with Crippen molar-refractivity contribution in [1.82, 2.24) is 0 Å². The van der Waals surface area contributed by atoms with Crippen molar-refractivity contribution < 1.29 is 9.13 Å². The Hall–Kier alpha value is -2.58. The summed E-state index contributed by atoms with van der Waals surface area (Å²) in [6.45, 7) is 0.166. The molecule has 0 saturated carbocycles. The second-order valence-corrected chi connectivity index (χ2v) is 4.12. The maximum Gasteiger partial charge on any atom is 0.148 e. The fourth-order valence-corrected chi connectivity index (χ4v) is 1.73. The average Bonchev–Trinajstić information content (AvgIpc) is 2.46. The summed E-state index contributed by atoms with van der Waals surface area (Å²) in [5, 5.41) is 16.6. The van der Waals surface area contributed by atoms with Crippen LogP contribution in [0.1, 0.15) is 16.7 Å². The smallest absolute Gasteiger partial charge is 0.148 e. The highest BCUT2D eigenvalue weighted by molar-refractivity contribution is 5.98. The largest absolute Gasteiger partial charge is 0.487 e. The molecule has 0 bridgehead atoms. The lowest BCUT2D eigenvalue weighted by molar-refractivity contribution is 0.304. The average molecular weight is 306 g/mol. The Bertz CT molecular complexity index is 680. The summed E-state index contributed by atoms with van der Waals surface area (Å²) in [6, 6.07) is 12.7. The molecule has 0 atom stereocenters. The number of nitrogens with two attached hydrogens (primary N) is 1. The molecule has 108 valence electrons. The summed E-state index contributed by atoms with van der Waals surface area (Å²) in [4.78, 5) is 0. The molecule has 2 rings (SSSR count). The Morgan fingerprint density at radius 3 is 2.48 bits per heavy atom. The Morgan fingerprint density at radius 1 is 1.24 bits per heavy atom. The molecule has 0 aliphatic carbocycles. The van der Waals surface area contributed by atoms with Gasteiger partial charge in [-0.3, -0.25) is 5.41 Å². The molecule has 0 heterocycles. The standard InChI is InChI=1S/C15H12FN3O.ClH/c16-12-6-4-10(5-7-12)9-20-14-11(8-17)2-1-3-13(14)15(18)19;/h1-7H,9H2,(H3,18,19);1H. The maximum atomic E-state index is 12.8. The Balaban J connectivity index is 0.00000220. The van der Waals surface area contributed by atoms with E-state index in [2.05, 4.69) is 0 Å². The second kappa shape index (κ2) is 7.27. The quantitative estimate of drug-likeness (QED) is 0.673. The van der Waals surface area contributed by atoms with Crippen LogP contribution < -0.4 is 10.5 Å². The minimum atomic E-state index is -0.324. The summed E-state index contributed by atoms with van der Waals surface area (Å²) < 4.78 is 18.4. The van der Waals surface area contributed by atoms with Gasteiger partial charge in [0, 0.05) is 0 Å². The van der Waals surface area contributed by atoms with Crippen LogP contribution in [-0.2, 0) is 6.61 Å². The Kier molecular flexibility index (Phi) is 5.70.